The SMILES string of the molecule is CCCCC(CC)COCCC[N]. The lowest BCUT2D eigenvalue weighted by Gasteiger charge is -2.14. The van der Waals surface area contributed by atoms with Crippen molar-refractivity contribution < 1.29 is 4.74 Å². The summed E-state index contributed by atoms with van der Waals surface area (Å²) in [7, 11) is 0. The van der Waals surface area contributed by atoms with E-state index in [0.29, 0.717) is 6.61 Å². The number of nitrogens with zero attached hydrogens (tertiary/aromatic N) is 1. The minimum atomic E-state index is 0.242. The molecule has 0 fully saturated rings. The zero-order valence-electron chi connectivity index (χ0n) is 9.09. The lowest BCUT2D eigenvalue weighted by molar-refractivity contribution is 0.0931. The molecule has 2 heteroatoms. The van der Waals surface area contributed by atoms with Crippen molar-refractivity contribution >= 4 is 0 Å². The second-order valence-corrected chi connectivity index (χ2v) is 3.57. The summed E-state index contributed by atoms with van der Waals surface area (Å²) in [5.74, 6) is 0.721. The van der Waals surface area contributed by atoms with Crippen LogP contribution < -0.4 is 5.73 Å². The van der Waals surface area contributed by atoms with Crippen molar-refractivity contribution in [3.8, 4) is 0 Å². The predicted octanol–water partition coefficient (Wildman–Crippen LogP) is 2.68. The second kappa shape index (κ2) is 10.0. The second-order valence-electron chi connectivity index (χ2n) is 3.57. The molecule has 0 bridgehead atoms. The van der Waals surface area contributed by atoms with Crippen LogP contribution in [0.4, 0.5) is 0 Å². The maximum absolute atomic E-state index is 8.55. The summed E-state index contributed by atoms with van der Waals surface area (Å²) in [4.78, 5) is 0. The first-order valence-electron chi connectivity index (χ1n) is 5.53. The summed E-state index contributed by atoms with van der Waals surface area (Å²) in [6, 6.07) is 0. The summed E-state index contributed by atoms with van der Waals surface area (Å²) >= 11 is 0. The van der Waals surface area contributed by atoms with E-state index < -0.39 is 0 Å². The molecule has 2 nitrogen and oxygen atoms in total. The Morgan fingerprint density at radius 1 is 1.23 bits per heavy atom. The average Bonchev–Trinajstić information content (AvgIpc) is 2.17. The van der Waals surface area contributed by atoms with Crippen LogP contribution in [0.25, 0.3) is 0 Å². The van der Waals surface area contributed by atoms with E-state index in [2.05, 4.69) is 13.8 Å². The summed E-state index contributed by atoms with van der Waals surface area (Å²) < 4.78 is 5.46. The standard InChI is InChI=1S/C11H23NO/c1-3-5-7-11(4-2)10-13-9-6-8-12/h11H,3-10H2,1-2H3. The predicted molar refractivity (Wildman–Crippen MR) is 55.7 cm³/mol. The third-order valence-electron chi connectivity index (χ3n) is 2.34. The van der Waals surface area contributed by atoms with Gasteiger partial charge in [0.1, 0.15) is 0 Å². The van der Waals surface area contributed by atoms with Crippen LogP contribution >= 0.6 is 0 Å². The van der Waals surface area contributed by atoms with Crippen LogP contribution in [-0.2, 0) is 4.74 Å². The Morgan fingerprint density at radius 2 is 2.00 bits per heavy atom. The van der Waals surface area contributed by atoms with Crippen molar-refractivity contribution in [3.63, 3.8) is 0 Å². The quantitative estimate of drug-likeness (QED) is 0.508. The summed E-state index contributed by atoms with van der Waals surface area (Å²) in [6.45, 7) is 6.26. The Morgan fingerprint density at radius 3 is 2.54 bits per heavy atom. The van der Waals surface area contributed by atoms with E-state index in [1.807, 2.05) is 0 Å². The van der Waals surface area contributed by atoms with Gasteiger partial charge in [-0.15, -0.1) is 5.73 Å². The van der Waals surface area contributed by atoms with Crippen molar-refractivity contribution in [2.45, 2.75) is 46.0 Å². The number of hydrogen-bond acceptors (Lipinski definition) is 1. The van der Waals surface area contributed by atoms with Crippen molar-refractivity contribution in [1.82, 2.24) is 5.73 Å². The first-order chi connectivity index (χ1) is 6.35. The first kappa shape index (κ1) is 12.9. The minimum Gasteiger partial charge on any atom is -0.381 e. The van der Waals surface area contributed by atoms with Gasteiger partial charge in [-0.3, -0.25) is 0 Å². The lowest BCUT2D eigenvalue weighted by atomic mass is 10.0. The molecule has 0 amide bonds. The highest BCUT2D eigenvalue weighted by atomic mass is 16.5. The van der Waals surface area contributed by atoms with E-state index in [9.17, 15) is 0 Å². The van der Waals surface area contributed by atoms with Gasteiger partial charge in [-0.1, -0.05) is 33.1 Å². The highest BCUT2D eigenvalue weighted by Gasteiger charge is 2.04. The van der Waals surface area contributed by atoms with Crippen LogP contribution in [0.3, 0.4) is 0 Å². The molecule has 1 atom stereocenters. The van der Waals surface area contributed by atoms with E-state index in [0.717, 1.165) is 18.9 Å². The molecule has 0 aliphatic carbocycles. The highest BCUT2D eigenvalue weighted by molar-refractivity contribution is 4.55. The molecule has 0 aromatic heterocycles. The van der Waals surface area contributed by atoms with Crippen LogP contribution in [0.15, 0.2) is 0 Å². The van der Waals surface area contributed by atoms with Gasteiger partial charge in [-0.2, -0.15) is 0 Å². The van der Waals surface area contributed by atoms with Gasteiger partial charge < -0.3 is 4.74 Å². The van der Waals surface area contributed by atoms with Gasteiger partial charge in [-0.05, 0) is 18.8 Å². The monoisotopic (exact) mass is 185 g/mol. The molecule has 0 aromatic rings. The molecular formula is C11H23NO. The van der Waals surface area contributed by atoms with Crippen molar-refractivity contribution in [2.75, 3.05) is 19.8 Å². The van der Waals surface area contributed by atoms with Crippen molar-refractivity contribution in [3.05, 3.63) is 0 Å². The Bertz CT molecular complexity index is 96.1. The molecule has 0 aliphatic heterocycles. The molecule has 78 valence electrons. The normalized spacial score (nSPS) is 13.2. The third kappa shape index (κ3) is 8.26. The zero-order valence-corrected chi connectivity index (χ0v) is 9.09. The molecule has 0 aliphatic rings. The van der Waals surface area contributed by atoms with E-state index >= 15 is 0 Å². The number of unbranched alkanes of at least 4 members (excludes halogenated alkanes) is 1. The fraction of sp³-hybridized carbons (Fsp3) is 1.00. The van der Waals surface area contributed by atoms with Crippen LogP contribution in [0.5, 0.6) is 0 Å². The fourth-order valence-electron chi connectivity index (χ4n) is 1.31. The van der Waals surface area contributed by atoms with E-state index in [1.165, 1.54) is 25.7 Å². The van der Waals surface area contributed by atoms with Crippen LogP contribution in [-0.4, -0.2) is 19.8 Å². The van der Waals surface area contributed by atoms with Crippen molar-refractivity contribution in [2.24, 2.45) is 5.92 Å². The summed E-state index contributed by atoms with van der Waals surface area (Å²) in [5.41, 5.74) is 8.55. The van der Waals surface area contributed by atoms with Gasteiger partial charge in [-0.25, -0.2) is 0 Å². The summed E-state index contributed by atoms with van der Waals surface area (Å²) in [5, 5.41) is 0. The molecule has 0 heterocycles. The molecular weight excluding hydrogens is 162 g/mol. The average molecular weight is 185 g/mol. The molecule has 1 unspecified atom stereocenters. The molecule has 0 N–H and O–H groups in total. The molecule has 0 saturated heterocycles. The molecule has 0 rings (SSSR count). The Balaban J connectivity index is 3.25. The van der Waals surface area contributed by atoms with Gasteiger partial charge >= 0.3 is 0 Å². The Kier molecular flexibility index (Phi) is 9.94. The van der Waals surface area contributed by atoms with E-state index in [1.54, 1.807) is 0 Å². The fourth-order valence-corrected chi connectivity index (χ4v) is 1.31. The molecule has 13 heavy (non-hydrogen) atoms. The maximum Gasteiger partial charge on any atom is 0.0494 e. The Labute approximate surface area is 82.8 Å². The topological polar surface area (TPSA) is 31.5 Å². The van der Waals surface area contributed by atoms with Crippen molar-refractivity contribution in [1.29, 1.82) is 0 Å². The smallest absolute Gasteiger partial charge is 0.0494 e. The van der Waals surface area contributed by atoms with Crippen LogP contribution in [0.2, 0.25) is 0 Å². The Hall–Kier alpha value is -0.0800. The van der Waals surface area contributed by atoms with Gasteiger partial charge in [0.25, 0.3) is 0 Å². The minimum absolute atomic E-state index is 0.242. The third-order valence-corrected chi connectivity index (χ3v) is 2.34. The first-order valence-corrected chi connectivity index (χ1v) is 5.53. The van der Waals surface area contributed by atoms with E-state index in [-0.39, 0.29) is 6.54 Å². The van der Waals surface area contributed by atoms with Gasteiger partial charge in [0.05, 0.1) is 0 Å². The van der Waals surface area contributed by atoms with Crippen LogP contribution in [0.1, 0.15) is 46.0 Å². The lowest BCUT2D eigenvalue weighted by Crippen LogP contribution is -2.10. The zero-order chi connectivity index (χ0) is 9.94. The largest absolute Gasteiger partial charge is 0.381 e. The summed E-state index contributed by atoms with van der Waals surface area (Å²) in [6.07, 6.45) is 5.84. The molecule has 0 aromatic carbocycles. The van der Waals surface area contributed by atoms with Gasteiger partial charge in [0.15, 0.2) is 0 Å². The highest BCUT2D eigenvalue weighted by Crippen LogP contribution is 2.12. The maximum atomic E-state index is 8.55. The molecule has 2 radical (unpaired) electrons. The van der Waals surface area contributed by atoms with E-state index in [4.69, 9.17) is 10.5 Å². The molecule has 0 spiro atoms. The van der Waals surface area contributed by atoms with Gasteiger partial charge in [0.2, 0.25) is 0 Å². The number of hydrogen-bond donors (Lipinski definition) is 0. The van der Waals surface area contributed by atoms with Gasteiger partial charge in [0, 0.05) is 19.8 Å². The number of ether oxygens (including phenoxy) is 1. The molecule has 0 saturated carbocycles. The number of rotatable bonds is 9. The van der Waals surface area contributed by atoms with Crippen LogP contribution in [0, 0.1) is 5.92 Å².